The van der Waals surface area contributed by atoms with Crippen molar-refractivity contribution in [1.29, 1.82) is 0 Å². The second-order valence-corrected chi connectivity index (χ2v) is 5.85. The molecule has 0 aliphatic rings. The molecule has 2 amide bonds. The highest BCUT2D eigenvalue weighted by Gasteiger charge is 2.09. The van der Waals surface area contributed by atoms with E-state index in [1.54, 1.807) is 12.1 Å². The van der Waals surface area contributed by atoms with Crippen molar-refractivity contribution in [3.63, 3.8) is 0 Å². The number of nitrogens with one attached hydrogen (secondary N) is 3. The number of nitro groups is 1. The highest BCUT2D eigenvalue weighted by Crippen LogP contribution is 2.17. The predicted octanol–water partition coefficient (Wildman–Crippen LogP) is 1.96. The van der Waals surface area contributed by atoms with Crippen LogP contribution >= 0.6 is 23.8 Å². The van der Waals surface area contributed by atoms with Gasteiger partial charge in [0.15, 0.2) is 11.7 Å². The Kier molecular flexibility index (Phi) is 7.03. The van der Waals surface area contributed by atoms with E-state index >= 15 is 0 Å². The zero-order chi connectivity index (χ0) is 19.8. The van der Waals surface area contributed by atoms with Gasteiger partial charge in [0.2, 0.25) is 0 Å². The summed E-state index contributed by atoms with van der Waals surface area (Å²) in [6.45, 7) is -0.363. The minimum atomic E-state index is -0.573. The monoisotopic (exact) mass is 408 g/mol. The van der Waals surface area contributed by atoms with Gasteiger partial charge < -0.3 is 4.74 Å². The molecule has 0 saturated heterocycles. The lowest BCUT2D eigenvalue weighted by Crippen LogP contribution is -2.49. The molecule has 2 aromatic carbocycles. The van der Waals surface area contributed by atoms with E-state index in [0.717, 1.165) is 0 Å². The summed E-state index contributed by atoms with van der Waals surface area (Å²) in [5, 5.41) is 13.3. The first-order valence-electron chi connectivity index (χ1n) is 7.38. The molecular weight excluding hydrogens is 396 g/mol. The minimum Gasteiger partial charge on any atom is -0.484 e. The number of amides is 2. The molecule has 0 aromatic heterocycles. The van der Waals surface area contributed by atoms with E-state index in [0.29, 0.717) is 10.6 Å². The molecule has 0 radical (unpaired) electrons. The van der Waals surface area contributed by atoms with Gasteiger partial charge in [0.05, 0.1) is 4.92 Å². The lowest BCUT2D eigenvalue weighted by atomic mass is 10.2. The largest absolute Gasteiger partial charge is 0.484 e. The van der Waals surface area contributed by atoms with Crippen LogP contribution in [0, 0.1) is 10.1 Å². The molecule has 2 rings (SSSR count). The van der Waals surface area contributed by atoms with Crippen LogP contribution in [0.25, 0.3) is 0 Å². The maximum atomic E-state index is 11.9. The van der Waals surface area contributed by atoms with Gasteiger partial charge in [0.25, 0.3) is 17.5 Å². The third-order valence-corrected chi connectivity index (χ3v) is 3.52. The molecular formula is C16H13ClN4O5S. The predicted molar refractivity (Wildman–Crippen MR) is 101 cm³/mol. The zero-order valence-corrected chi connectivity index (χ0v) is 15.2. The van der Waals surface area contributed by atoms with Crippen LogP contribution in [-0.2, 0) is 4.79 Å². The van der Waals surface area contributed by atoms with E-state index in [-0.39, 0.29) is 23.2 Å². The van der Waals surface area contributed by atoms with Gasteiger partial charge in [0, 0.05) is 22.7 Å². The Labute approximate surface area is 163 Å². The SMILES string of the molecule is O=C(COc1ccc([N+](=O)[O-])cc1)NNC(=S)NC(=O)c1ccc(Cl)cc1. The quantitative estimate of drug-likeness (QED) is 0.392. The van der Waals surface area contributed by atoms with Crippen molar-refractivity contribution < 1.29 is 19.2 Å². The zero-order valence-electron chi connectivity index (χ0n) is 13.6. The first-order valence-corrected chi connectivity index (χ1v) is 8.17. The third kappa shape index (κ3) is 6.53. The Balaban J connectivity index is 1.72. The van der Waals surface area contributed by atoms with Crippen LogP contribution in [0.1, 0.15) is 10.4 Å². The maximum absolute atomic E-state index is 11.9. The smallest absolute Gasteiger partial charge is 0.276 e. The van der Waals surface area contributed by atoms with Crippen LogP contribution in [0.3, 0.4) is 0 Å². The molecule has 0 bridgehead atoms. The second-order valence-electron chi connectivity index (χ2n) is 5.00. The fraction of sp³-hybridized carbons (Fsp3) is 0.0625. The molecule has 0 atom stereocenters. The number of ether oxygens (including phenoxy) is 1. The summed E-state index contributed by atoms with van der Waals surface area (Å²) in [5.41, 5.74) is 4.86. The molecule has 0 aliphatic heterocycles. The van der Waals surface area contributed by atoms with Crippen molar-refractivity contribution in [3.05, 3.63) is 69.2 Å². The van der Waals surface area contributed by atoms with Crippen molar-refractivity contribution >= 4 is 46.4 Å². The van der Waals surface area contributed by atoms with Crippen LogP contribution in [0.2, 0.25) is 5.02 Å². The number of benzene rings is 2. The number of nitro benzene ring substituents is 1. The molecule has 0 saturated carbocycles. The van der Waals surface area contributed by atoms with Crippen LogP contribution in [0.15, 0.2) is 48.5 Å². The van der Waals surface area contributed by atoms with Crippen LogP contribution in [0.5, 0.6) is 5.75 Å². The van der Waals surface area contributed by atoms with E-state index in [9.17, 15) is 19.7 Å². The number of rotatable bonds is 5. The molecule has 140 valence electrons. The first kappa shape index (κ1) is 20.1. The lowest BCUT2D eigenvalue weighted by Gasteiger charge is -2.11. The van der Waals surface area contributed by atoms with Gasteiger partial charge in [-0.1, -0.05) is 11.6 Å². The Hall–Kier alpha value is -3.24. The summed E-state index contributed by atoms with van der Waals surface area (Å²) in [7, 11) is 0. The average Bonchev–Trinajstić information content (AvgIpc) is 2.65. The number of non-ortho nitro benzene ring substituents is 1. The van der Waals surface area contributed by atoms with Crippen molar-refractivity contribution in [2.45, 2.75) is 0 Å². The first-order chi connectivity index (χ1) is 12.8. The summed E-state index contributed by atoms with van der Waals surface area (Å²) >= 11 is 10.6. The van der Waals surface area contributed by atoms with Crippen LogP contribution in [0.4, 0.5) is 5.69 Å². The van der Waals surface area contributed by atoms with Crippen LogP contribution in [-0.4, -0.2) is 28.5 Å². The van der Waals surface area contributed by atoms with Gasteiger partial charge in [-0.05, 0) is 48.6 Å². The fourth-order valence-electron chi connectivity index (χ4n) is 1.78. The normalized spacial score (nSPS) is 9.81. The van der Waals surface area contributed by atoms with Gasteiger partial charge in [-0.15, -0.1) is 0 Å². The molecule has 0 fully saturated rings. The number of carbonyl (C=O) groups excluding carboxylic acids is 2. The molecule has 0 unspecified atom stereocenters. The maximum Gasteiger partial charge on any atom is 0.276 e. The molecule has 2 aromatic rings. The number of hydrazine groups is 1. The van der Waals surface area contributed by atoms with Crippen molar-refractivity contribution in [2.75, 3.05) is 6.61 Å². The van der Waals surface area contributed by atoms with Gasteiger partial charge in [-0.25, -0.2) is 0 Å². The number of thiocarbonyl (C=S) groups is 1. The van der Waals surface area contributed by atoms with Crippen LogP contribution < -0.4 is 20.9 Å². The average molecular weight is 409 g/mol. The molecule has 9 nitrogen and oxygen atoms in total. The molecule has 11 heteroatoms. The standard InChI is InChI=1S/C16H13ClN4O5S/c17-11-3-1-10(2-4-11)15(23)18-16(27)20-19-14(22)9-26-13-7-5-12(6-8-13)21(24)25/h1-8H,9H2,(H,19,22)(H2,18,20,23,27). The highest BCUT2D eigenvalue weighted by atomic mass is 35.5. The van der Waals surface area contributed by atoms with E-state index in [4.69, 9.17) is 28.6 Å². The second kappa shape index (κ2) is 9.46. The van der Waals surface area contributed by atoms with E-state index in [1.165, 1.54) is 36.4 Å². The van der Waals surface area contributed by atoms with Crippen molar-refractivity contribution in [1.82, 2.24) is 16.2 Å². The van der Waals surface area contributed by atoms with Gasteiger partial charge in [-0.3, -0.25) is 35.9 Å². The fourth-order valence-corrected chi connectivity index (χ4v) is 2.05. The highest BCUT2D eigenvalue weighted by molar-refractivity contribution is 7.80. The minimum absolute atomic E-state index is 0.0877. The summed E-state index contributed by atoms with van der Waals surface area (Å²) in [6, 6.07) is 11.4. The lowest BCUT2D eigenvalue weighted by molar-refractivity contribution is -0.384. The molecule has 0 heterocycles. The third-order valence-electron chi connectivity index (χ3n) is 3.07. The number of hydrogen-bond donors (Lipinski definition) is 3. The molecule has 0 spiro atoms. The van der Waals surface area contributed by atoms with Gasteiger partial charge in [-0.2, -0.15) is 0 Å². The van der Waals surface area contributed by atoms with Gasteiger partial charge >= 0.3 is 0 Å². The van der Waals surface area contributed by atoms with Gasteiger partial charge in [0.1, 0.15) is 5.75 Å². The summed E-state index contributed by atoms with van der Waals surface area (Å²) in [5.74, 6) is -0.758. The number of nitrogens with zero attached hydrogens (tertiary/aromatic N) is 1. The summed E-state index contributed by atoms with van der Waals surface area (Å²) < 4.78 is 5.18. The van der Waals surface area contributed by atoms with E-state index < -0.39 is 16.7 Å². The number of hydrogen-bond acceptors (Lipinski definition) is 6. The summed E-state index contributed by atoms with van der Waals surface area (Å²) in [4.78, 5) is 33.6. The Morgan fingerprint density at radius 1 is 1.07 bits per heavy atom. The van der Waals surface area contributed by atoms with E-state index in [2.05, 4.69) is 16.2 Å². The molecule has 0 aliphatic carbocycles. The van der Waals surface area contributed by atoms with E-state index in [1.807, 2.05) is 0 Å². The molecule has 3 N–H and O–H groups in total. The number of carbonyl (C=O) groups is 2. The Morgan fingerprint density at radius 3 is 2.30 bits per heavy atom. The van der Waals surface area contributed by atoms with Crippen molar-refractivity contribution in [3.8, 4) is 5.75 Å². The summed E-state index contributed by atoms with van der Waals surface area (Å²) in [6.07, 6.45) is 0. The Morgan fingerprint density at radius 2 is 1.70 bits per heavy atom. The topological polar surface area (TPSA) is 123 Å². The molecule has 27 heavy (non-hydrogen) atoms. The Bertz CT molecular complexity index is 858. The van der Waals surface area contributed by atoms with Crippen molar-refractivity contribution in [2.24, 2.45) is 0 Å². The number of halogens is 1.